The van der Waals surface area contributed by atoms with Crippen LogP contribution in [-0.2, 0) is 0 Å². The highest BCUT2D eigenvalue weighted by Gasteiger charge is 2.06. The molecule has 3 rings (SSSR count). The molecular formula is C20H22ClN3. The fourth-order valence-electron chi connectivity index (χ4n) is 2.86. The van der Waals surface area contributed by atoms with E-state index in [2.05, 4.69) is 66.0 Å². The van der Waals surface area contributed by atoms with Gasteiger partial charge in [0.05, 0.1) is 11.0 Å². The number of benzene rings is 2. The molecule has 0 saturated carbocycles. The van der Waals surface area contributed by atoms with E-state index in [4.69, 9.17) is 11.6 Å². The van der Waals surface area contributed by atoms with Crippen LogP contribution in [0.2, 0.25) is 5.02 Å². The van der Waals surface area contributed by atoms with Gasteiger partial charge in [0.15, 0.2) is 0 Å². The van der Waals surface area contributed by atoms with Gasteiger partial charge in [0.25, 0.3) is 0 Å². The Morgan fingerprint density at radius 1 is 1.12 bits per heavy atom. The maximum Gasteiger partial charge on any atom is 0.134 e. The van der Waals surface area contributed by atoms with Crippen molar-refractivity contribution in [3.63, 3.8) is 0 Å². The van der Waals surface area contributed by atoms with Crippen molar-refractivity contribution in [3.05, 3.63) is 58.9 Å². The van der Waals surface area contributed by atoms with Crippen molar-refractivity contribution in [1.82, 2.24) is 9.97 Å². The second-order valence-electron chi connectivity index (χ2n) is 5.84. The molecule has 124 valence electrons. The van der Waals surface area contributed by atoms with E-state index in [9.17, 15) is 0 Å². The van der Waals surface area contributed by atoms with Gasteiger partial charge in [0, 0.05) is 23.8 Å². The van der Waals surface area contributed by atoms with Crippen LogP contribution in [0.5, 0.6) is 0 Å². The van der Waals surface area contributed by atoms with Gasteiger partial charge >= 0.3 is 0 Å². The number of nitrogens with zero attached hydrogens (tertiary/aromatic N) is 2. The minimum absolute atomic E-state index is 0.714. The molecule has 0 radical (unpaired) electrons. The lowest BCUT2D eigenvalue weighted by Gasteiger charge is -2.20. The van der Waals surface area contributed by atoms with Crippen LogP contribution in [0.4, 0.5) is 5.69 Å². The van der Waals surface area contributed by atoms with Gasteiger partial charge in [0.2, 0.25) is 0 Å². The van der Waals surface area contributed by atoms with Crippen molar-refractivity contribution in [3.8, 4) is 0 Å². The predicted molar refractivity (Wildman–Crippen MR) is 105 cm³/mol. The Balaban J connectivity index is 1.86. The first-order valence-corrected chi connectivity index (χ1v) is 8.67. The normalized spacial score (nSPS) is 11.9. The Morgan fingerprint density at radius 2 is 1.83 bits per heavy atom. The van der Waals surface area contributed by atoms with E-state index in [0.717, 1.165) is 35.5 Å². The summed E-state index contributed by atoms with van der Waals surface area (Å²) in [6.07, 6.45) is 2.14. The topological polar surface area (TPSA) is 31.9 Å². The lowest BCUT2D eigenvalue weighted by Crippen LogP contribution is -2.21. The minimum Gasteiger partial charge on any atom is -0.372 e. The van der Waals surface area contributed by atoms with E-state index in [1.165, 1.54) is 11.3 Å². The number of rotatable bonds is 5. The second-order valence-corrected chi connectivity index (χ2v) is 6.27. The van der Waals surface area contributed by atoms with Crippen LogP contribution in [0.25, 0.3) is 22.7 Å². The average Bonchev–Trinajstić information content (AvgIpc) is 3.00. The zero-order valence-corrected chi connectivity index (χ0v) is 15.1. The molecule has 0 amide bonds. The molecular weight excluding hydrogens is 318 g/mol. The number of allylic oxidation sites excluding steroid dienone is 1. The van der Waals surface area contributed by atoms with Gasteiger partial charge in [-0.25, -0.2) is 4.98 Å². The molecule has 0 saturated heterocycles. The number of hydrogen-bond donors (Lipinski definition) is 1. The molecule has 2 aromatic carbocycles. The monoisotopic (exact) mass is 339 g/mol. The number of hydrogen-bond acceptors (Lipinski definition) is 2. The highest BCUT2D eigenvalue weighted by molar-refractivity contribution is 6.31. The first-order chi connectivity index (χ1) is 11.6. The molecule has 0 unspecified atom stereocenters. The van der Waals surface area contributed by atoms with Crippen molar-refractivity contribution in [2.45, 2.75) is 20.8 Å². The van der Waals surface area contributed by atoms with Crippen molar-refractivity contribution in [1.29, 1.82) is 0 Å². The number of aromatic nitrogens is 2. The third-order valence-corrected chi connectivity index (χ3v) is 4.46. The summed E-state index contributed by atoms with van der Waals surface area (Å²) in [4.78, 5) is 10.3. The number of anilines is 1. The predicted octanol–water partition coefficient (Wildman–Crippen LogP) is 5.62. The number of H-pyrrole nitrogens is 1. The first kappa shape index (κ1) is 16.6. The minimum atomic E-state index is 0.714. The van der Waals surface area contributed by atoms with Crippen LogP contribution in [0.1, 0.15) is 32.2 Å². The molecule has 0 spiro atoms. The molecule has 1 heterocycles. The van der Waals surface area contributed by atoms with Gasteiger partial charge in [-0.1, -0.05) is 23.7 Å². The largest absolute Gasteiger partial charge is 0.372 e. The first-order valence-electron chi connectivity index (χ1n) is 8.29. The van der Waals surface area contributed by atoms with E-state index in [0.29, 0.717) is 5.02 Å². The molecule has 0 aliphatic heterocycles. The van der Waals surface area contributed by atoms with E-state index in [-0.39, 0.29) is 0 Å². The summed E-state index contributed by atoms with van der Waals surface area (Å²) >= 11 is 6.04. The van der Waals surface area contributed by atoms with Crippen molar-refractivity contribution >= 4 is 40.0 Å². The van der Waals surface area contributed by atoms with Crippen LogP contribution in [0, 0.1) is 0 Å². The van der Waals surface area contributed by atoms with Gasteiger partial charge in [-0.05, 0) is 68.3 Å². The average molecular weight is 340 g/mol. The van der Waals surface area contributed by atoms with Gasteiger partial charge in [-0.15, -0.1) is 0 Å². The van der Waals surface area contributed by atoms with Crippen molar-refractivity contribution in [2.75, 3.05) is 18.0 Å². The molecule has 3 aromatic rings. The van der Waals surface area contributed by atoms with Crippen molar-refractivity contribution in [2.24, 2.45) is 0 Å². The molecule has 0 atom stereocenters. The summed E-state index contributed by atoms with van der Waals surface area (Å²) in [5.74, 6) is 0.875. The molecule has 0 bridgehead atoms. The Labute approximate surface area is 148 Å². The summed E-state index contributed by atoms with van der Waals surface area (Å²) in [5.41, 5.74) is 5.41. The van der Waals surface area contributed by atoms with Crippen LogP contribution in [0.15, 0.2) is 42.5 Å². The summed E-state index contributed by atoms with van der Waals surface area (Å²) in [6.45, 7) is 8.46. The molecule has 0 fully saturated rings. The number of fused-ring (bicyclic) bond motifs is 1. The maximum atomic E-state index is 6.04. The fourth-order valence-corrected chi connectivity index (χ4v) is 3.03. The third-order valence-electron chi connectivity index (χ3n) is 4.22. The number of halogens is 1. The number of aromatic amines is 1. The highest BCUT2D eigenvalue weighted by Crippen LogP contribution is 2.23. The van der Waals surface area contributed by atoms with Crippen LogP contribution in [0.3, 0.4) is 0 Å². The fraction of sp³-hybridized carbons (Fsp3) is 0.250. The van der Waals surface area contributed by atoms with Gasteiger partial charge in [-0.2, -0.15) is 0 Å². The third kappa shape index (κ3) is 3.46. The molecule has 1 aromatic heterocycles. The van der Waals surface area contributed by atoms with Crippen LogP contribution >= 0.6 is 11.6 Å². The molecule has 4 heteroatoms. The van der Waals surface area contributed by atoms with E-state index < -0.39 is 0 Å². The summed E-state index contributed by atoms with van der Waals surface area (Å²) in [5, 5.41) is 0.714. The van der Waals surface area contributed by atoms with E-state index >= 15 is 0 Å². The van der Waals surface area contributed by atoms with Gasteiger partial charge in [-0.3, -0.25) is 0 Å². The molecule has 0 aliphatic carbocycles. The van der Waals surface area contributed by atoms with Gasteiger partial charge < -0.3 is 9.88 Å². The second kappa shape index (κ2) is 7.10. The smallest absolute Gasteiger partial charge is 0.134 e. The van der Waals surface area contributed by atoms with Crippen LogP contribution in [-0.4, -0.2) is 23.1 Å². The molecule has 1 N–H and O–H groups in total. The lowest BCUT2D eigenvalue weighted by molar-refractivity contribution is 0.866. The Bertz CT molecular complexity index is 858. The van der Waals surface area contributed by atoms with E-state index in [1.54, 1.807) is 0 Å². The Hall–Kier alpha value is -2.26. The number of nitrogens with one attached hydrogen (secondary N) is 1. The quantitative estimate of drug-likeness (QED) is 0.654. The summed E-state index contributed by atoms with van der Waals surface area (Å²) in [7, 11) is 0. The molecule has 3 nitrogen and oxygen atoms in total. The zero-order chi connectivity index (χ0) is 17.1. The lowest BCUT2D eigenvalue weighted by atomic mass is 10.1. The van der Waals surface area contributed by atoms with Crippen molar-refractivity contribution < 1.29 is 0 Å². The Morgan fingerprint density at radius 3 is 2.50 bits per heavy atom. The Kier molecular flexibility index (Phi) is 4.91. The summed E-state index contributed by atoms with van der Waals surface area (Å²) < 4.78 is 0. The number of imidazole rings is 1. The zero-order valence-electron chi connectivity index (χ0n) is 14.3. The summed E-state index contributed by atoms with van der Waals surface area (Å²) in [6, 6.07) is 14.3. The standard InChI is InChI=1S/C20H22ClN3/c1-4-24(5-2)17-9-6-15(7-10-17)12-14(3)20-22-18-11-8-16(21)13-19(18)23-20/h6-13H,4-5H2,1-3H3,(H,22,23)/b14-12-. The molecule has 24 heavy (non-hydrogen) atoms. The van der Waals surface area contributed by atoms with Crippen LogP contribution < -0.4 is 4.90 Å². The van der Waals surface area contributed by atoms with Gasteiger partial charge in [0.1, 0.15) is 5.82 Å². The maximum absolute atomic E-state index is 6.04. The highest BCUT2D eigenvalue weighted by atomic mass is 35.5. The van der Waals surface area contributed by atoms with E-state index in [1.807, 2.05) is 18.2 Å². The molecule has 0 aliphatic rings. The SMILES string of the molecule is CCN(CC)c1ccc(/C=C(/C)c2nc3ccc(Cl)cc3[nH]2)cc1.